The molecule has 0 radical (unpaired) electrons. The fraction of sp³-hybridized carbons (Fsp3) is 0.439. The summed E-state index contributed by atoms with van der Waals surface area (Å²) >= 11 is 0. The number of allylic oxidation sites excluding steroid dienone is 27. The lowest BCUT2D eigenvalue weighted by Gasteiger charge is -2.37. The Labute approximate surface area is 858 Å². The van der Waals surface area contributed by atoms with Crippen molar-refractivity contribution >= 4 is 17.7 Å². The highest BCUT2D eigenvalue weighted by atomic mass is 16.3. The van der Waals surface area contributed by atoms with E-state index in [4.69, 9.17) is 0 Å². The van der Waals surface area contributed by atoms with Gasteiger partial charge in [-0.25, -0.2) is 0 Å². The molecule has 0 spiro atoms. The van der Waals surface area contributed by atoms with Gasteiger partial charge in [-0.1, -0.05) is 264 Å². The van der Waals surface area contributed by atoms with E-state index < -0.39 is 0 Å². The van der Waals surface area contributed by atoms with E-state index in [1.54, 1.807) is 12.1 Å². The molecule has 0 heterocycles. The zero-order valence-electron chi connectivity index (χ0n) is 90.5. The zero-order valence-corrected chi connectivity index (χ0v) is 90.5. The summed E-state index contributed by atoms with van der Waals surface area (Å²) < 4.78 is 0. The molecule has 11 nitrogen and oxygen atoms in total. The lowest BCUT2D eigenvalue weighted by Crippen LogP contribution is -2.21. The Balaban J connectivity index is 0.000000175. The van der Waals surface area contributed by atoms with Crippen LogP contribution in [0.2, 0.25) is 0 Å². The van der Waals surface area contributed by atoms with Crippen LogP contribution in [0.5, 0.6) is 63.2 Å². The Kier molecular flexibility index (Phi) is 37.3. The van der Waals surface area contributed by atoms with Crippen molar-refractivity contribution in [3.8, 4) is 63.2 Å². The molecular weight excluding hydrogens is 1760 g/mol. The van der Waals surface area contributed by atoms with Gasteiger partial charge in [0, 0.05) is 104 Å². The molecule has 18 unspecified atom stereocenters. The van der Waals surface area contributed by atoms with Gasteiger partial charge in [-0.2, -0.15) is 0 Å². The Morgan fingerprint density at radius 2 is 0.497 bits per heavy atom. The predicted molar refractivity (Wildman–Crippen MR) is 602 cm³/mol. The lowest BCUT2D eigenvalue weighted by molar-refractivity contribution is 0.374. The van der Waals surface area contributed by atoms with Crippen LogP contribution in [0.4, 0.5) is 0 Å². The van der Waals surface area contributed by atoms with Gasteiger partial charge in [0.15, 0.2) is 0 Å². The van der Waals surface area contributed by atoms with Crippen LogP contribution in [0, 0.1) is 86.9 Å². The van der Waals surface area contributed by atoms with E-state index in [1.165, 1.54) is 67.4 Å². The van der Waals surface area contributed by atoms with E-state index >= 15 is 0 Å². The maximum Gasteiger partial charge on any atom is 0.134 e. The van der Waals surface area contributed by atoms with Gasteiger partial charge in [-0.15, -0.1) is 0 Å². The van der Waals surface area contributed by atoms with Crippen LogP contribution in [-0.2, 0) is 0 Å². The van der Waals surface area contributed by atoms with Crippen molar-refractivity contribution in [2.45, 2.75) is 315 Å². The number of rotatable bonds is 20. The van der Waals surface area contributed by atoms with Crippen molar-refractivity contribution in [2.75, 3.05) is 0 Å². The van der Waals surface area contributed by atoms with Crippen LogP contribution in [0.15, 0.2) is 269 Å². The molecular formula is C132H170O11. The van der Waals surface area contributed by atoms with Crippen molar-refractivity contribution in [2.24, 2.45) is 59.2 Å². The monoisotopic (exact) mass is 1930 g/mol. The summed E-state index contributed by atoms with van der Waals surface area (Å²) in [6, 6.07) is 19.1. The first-order chi connectivity index (χ1) is 67.3. The molecule has 0 aromatic heterocycles. The molecule has 0 fully saturated rings. The van der Waals surface area contributed by atoms with Crippen molar-refractivity contribution < 1.29 is 56.2 Å². The summed E-state index contributed by atoms with van der Waals surface area (Å²) in [6.45, 7) is 83.6. The van der Waals surface area contributed by atoms with Crippen LogP contribution in [0.25, 0.3) is 17.7 Å². The molecule has 0 saturated heterocycles. The maximum atomic E-state index is 12.1. The number of benzene rings is 6. The van der Waals surface area contributed by atoms with E-state index in [1.807, 2.05) is 73.6 Å². The largest absolute Gasteiger partial charge is 0.508 e. The molecule has 0 aliphatic heterocycles. The topological polar surface area (TPSA) is 223 Å². The molecule has 15 rings (SSSR count). The molecule has 143 heavy (non-hydrogen) atoms. The number of hydrogen-bond donors (Lipinski definition) is 11. The van der Waals surface area contributed by atoms with E-state index in [0.29, 0.717) is 56.5 Å². The zero-order chi connectivity index (χ0) is 105. The highest BCUT2D eigenvalue weighted by Gasteiger charge is 2.44. The Bertz CT molecular complexity index is 5960. The summed E-state index contributed by atoms with van der Waals surface area (Å²) in [7, 11) is 0. The second-order valence-electron chi connectivity index (χ2n) is 45.3. The van der Waals surface area contributed by atoms with Crippen molar-refractivity contribution in [1.29, 1.82) is 0 Å². The second-order valence-corrected chi connectivity index (χ2v) is 45.3. The SMILES string of the molecule is C=C(C)C1CCC(C)=CC1c1c(C)cc(C)cc1O.C=C(C)C1CCC(C)=CC1c1c(O)cc(/C=C/c2ccc(C)cc2)c(C2C=C(C)CCC2C(=C)C)c1O.C=C(C)C1CCC(C)=CC1c1c(O)cc(C)cc1O.C=C(C)C1CCC(C)=CC1c1c(O)cc(O)c(C2C=C(C)CCC2C(=C)C)c1O.C=C(C)C1CCC(C)C=C1c1c(O)c(C2C=C(C)CCC2C(=C)C)c(O)c(C2C=C(C)CCC2C(=C)C)c1O. The summed E-state index contributed by atoms with van der Waals surface area (Å²) in [5.74, 6) is 2.42. The van der Waals surface area contributed by atoms with E-state index in [0.717, 1.165) is 199 Å². The predicted octanol–water partition coefficient (Wildman–Crippen LogP) is 35.7. The van der Waals surface area contributed by atoms with Gasteiger partial charge in [-0.05, 0) is 372 Å². The minimum atomic E-state index is -0.226. The number of phenolic OH excluding ortho intramolecular Hbond substituents is 11. The fourth-order valence-electron chi connectivity index (χ4n) is 25.0. The molecule has 0 amide bonds. The van der Waals surface area contributed by atoms with Gasteiger partial charge in [0.2, 0.25) is 0 Å². The Morgan fingerprint density at radius 3 is 0.797 bits per heavy atom. The molecule has 6 aromatic rings. The number of aryl methyl sites for hydroxylation is 4. The fourth-order valence-corrected chi connectivity index (χ4v) is 25.0. The second kappa shape index (κ2) is 47.8. The highest BCUT2D eigenvalue weighted by molar-refractivity contribution is 5.84. The summed E-state index contributed by atoms with van der Waals surface area (Å²) in [5.41, 5.74) is 33.0. The third-order valence-electron chi connectivity index (χ3n) is 32.9. The van der Waals surface area contributed by atoms with Crippen molar-refractivity contribution in [3.63, 3.8) is 0 Å². The average Bonchev–Trinajstić information content (AvgIpc) is 0.729. The third kappa shape index (κ3) is 25.8. The number of hydrogen-bond acceptors (Lipinski definition) is 11. The van der Waals surface area contributed by atoms with Gasteiger partial charge in [0.1, 0.15) is 63.2 Å². The summed E-state index contributed by atoms with van der Waals surface area (Å²) in [5, 5.41) is 123. The van der Waals surface area contributed by atoms with Gasteiger partial charge in [-0.3, -0.25) is 0 Å². The molecule has 9 aliphatic rings. The van der Waals surface area contributed by atoms with Crippen LogP contribution in [0.1, 0.15) is 371 Å². The molecule has 18 atom stereocenters. The Hall–Kier alpha value is -11.8. The van der Waals surface area contributed by atoms with Gasteiger partial charge in [0.05, 0.1) is 5.56 Å². The molecule has 764 valence electrons. The van der Waals surface area contributed by atoms with Crippen LogP contribution >= 0.6 is 0 Å². The van der Waals surface area contributed by atoms with E-state index in [9.17, 15) is 56.2 Å². The first-order valence-corrected chi connectivity index (χ1v) is 52.5. The molecule has 11 N–H and O–H groups in total. The standard InChI is InChI=1S/C36H48O3.C35H42O2.C26H34O3.C18H24O.C17H22O2/c1-19(2)25-13-10-22(7)16-28(25)31-34(37)32(29-17-23(8)11-14-26(29)20(3)4)36(39)33(35(31)38)30-18-24(9)12-15-27(30)21(5)6;1-21(2)28-16-10-24(6)18-30(28)33-27(15-14-26-12-8-23(5)9-13-26)20-32(36)34(35(33)37)31-19-25(7)11-17-29(31)22(3)4;1-14(2)18-9-7-16(5)11-20(18)24-22(27)13-23(28)25(26(24)29)21-12-17(6)8-10-19(21)15(3)4;1-11(2)15-7-6-12(3)9-16(15)18-14(5)8-13(4)10-17(18)19;1-10(2)13-6-5-11(3)7-14(13)17-15(18)8-12(4)9-16(17)19/h16-18,22,25-27,29-30,37-39H,1,3,5,10-15H2,2,4,6-9H3;8-9,12-15,18-20,28-31,36-37H,1,3,10-11,16-17H2,2,4-7H3;11-13,18-21,27-29H,1,3,7-10H2,2,4-6H3;8-10,15-16,19H,1,6-7H2,2-5H3;7-9,13-14,18-19H,1,5-6H2,2-4H3/b;15-14+;;;. The average molecular weight is 1930 g/mol. The van der Waals surface area contributed by atoms with Crippen molar-refractivity contribution in [1.82, 2.24) is 0 Å². The van der Waals surface area contributed by atoms with Crippen LogP contribution in [0.3, 0.4) is 0 Å². The minimum absolute atomic E-state index is 0.000197. The smallest absolute Gasteiger partial charge is 0.134 e. The normalized spacial score (nSPS) is 25.8. The van der Waals surface area contributed by atoms with Gasteiger partial charge >= 0.3 is 0 Å². The maximum absolute atomic E-state index is 12.1. The summed E-state index contributed by atoms with van der Waals surface area (Å²) in [6.07, 6.45) is 41.9. The van der Waals surface area contributed by atoms with E-state index in [2.05, 4.69) is 247 Å². The van der Waals surface area contributed by atoms with Gasteiger partial charge < -0.3 is 56.2 Å². The molecule has 9 aliphatic carbocycles. The first-order valence-electron chi connectivity index (χ1n) is 52.5. The van der Waals surface area contributed by atoms with E-state index in [-0.39, 0.29) is 152 Å². The molecule has 6 aromatic carbocycles. The lowest BCUT2D eigenvalue weighted by atomic mass is 9.68. The number of phenols is 11. The molecule has 0 saturated carbocycles. The van der Waals surface area contributed by atoms with Crippen LogP contribution in [-0.4, -0.2) is 56.2 Å². The summed E-state index contributed by atoms with van der Waals surface area (Å²) in [4.78, 5) is 0. The molecule has 0 bridgehead atoms. The quantitative estimate of drug-likeness (QED) is 0.0255. The minimum Gasteiger partial charge on any atom is -0.508 e. The molecule has 11 heteroatoms. The third-order valence-corrected chi connectivity index (χ3v) is 32.9. The van der Waals surface area contributed by atoms with Gasteiger partial charge in [0.25, 0.3) is 0 Å². The van der Waals surface area contributed by atoms with Crippen molar-refractivity contribution in [3.05, 3.63) is 353 Å². The first kappa shape index (κ1) is 112. The van der Waals surface area contributed by atoms with Crippen LogP contribution < -0.4 is 0 Å². The Morgan fingerprint density at radius 1 is 0.245 bits per heavy atom. The number of aromatic hydroxyl groups is 11. The highest BCUT2D eigenvalue weighted by Crippen LogP contribution is 2.62.